The number of nitrogens with one attached hydrogen (secondary N) is 1. The molecule has 0 atom stereocenters. The van der Waals surface area contributed by atoms with Gasteiger partial charge in [-0.1, -0.05) is 17.3 Å². The second-order valence-corrected chi connectivity index (χ2v) is 7.55. The van der Waals surface area contributed by atoms with Gasteiger partial charge in [0.25, 0.3) is 0 Å². The van der Waals surface area contributed by atoms with Crippen LogP contribution in [0.15, 0.2) is 34.9 Å². The molecule has 1 aromatic heterocycles. The minimum atomic E-state index is -0.0834. The Balaban J connectivity index is 1.38. The Hall–Kier alpha value is -2.87. The van der Waals surface area contributed by atoms with Crippen LogP contribution in [0.1, 0.15) is 30.6 Å². The van der Waals surface area contributed by atoms with Crippen molar-refractivity contribution in [2.45, 2.75) is 32.6 Å². The van der Waals surface area contributed by atoms with Crippen LogP contribution in [0.3, 0.4) is 0 Å². The van der Waals surface area contributed by atoms with E-state index in [2.05, 4.69) is 15.4 Å². The highest BCUT2D eigenvalue weighted by Crippen LogP contribution is 2.14. The highest BCUT2D eigenvalue weighted by atomic mass is 16.5. The molecular formula is C22H30N4O4. The molecule has 0 spiro atoms. The van der Waals surface area contributed by atoms with E-state index in [1.54, 1.807) is 20.1 Å². The number of aryl methyl sites for hydroxylation is 2. The lowest BCUT2D eigenvalue weighted by atomic mass is 10.1. The number of anilines is 1. The Kier molecular flexibility index (Phi) is 7.84. The van der Waals surface area contributed by atoms with Crippen molar-refractivity contribution in [3.63, 3.8) is 0 Å². The number of amides is 2. The molecule has 8 heteroatoms. The van der Waals surface area contributed by atoms with Crippen LogP contribution in [0.4, 0.5) is 5.82 Å². The highest BCUT2D eigenvalue weighted by Gasteiger charge is 2.19. The van der Waals surface area contributed by atoms with E-state index in [0.717, 1.165) is 43.8 Å². The quantitative estimate of drug-likeness (QED) is 0.714. The molecule has 0 radical (unpaired) electrons. The van der Waals surface area contributed by atoms with Gasteiger partial charge in [0.2, 0.25) is 11.8 Å². The maximum absolute atomic E-state index is 12.6. The van der Waals surface area contributed by atoms with Crippen LogP contribution in [0, 0.1) is 6.92 Å². The topological polar surface area (TPSA) is 87.9 Å². The number of aromatic nitrogens is 1. The predicted molar refractivity (Wildman–Crippen MR) is 113 cm³/mol. The van der Waals surface area contributed by atoms with E-state index in [4.69, 9.17) is 9.26 Å². The molecule has 162 valence electrons. The van der Waals surface area contributed by atoms with Gasteiger partial charge in [-0.05, 0) is 44.0 Å². The summed E-state index contributed by atoms with van der Waals surface area (Å²) in [6.45, 7) is 5.58. The second-order valence-electron chi connectivity index (χ2n) is 7.55. The third kappa shape index (κ3) is 6.59. The largest absolute Gasteiger partial charge is 0.497 e. The van der Waals surface area contributed by atoms with E-state index >= 15 is 0 Å². The Bertz CT molecular complexity index is 834. The summed E-state index contributed by atoms with van der Waals surface area (Å²) in [5.41, 5.74) is 1.13. The minimum absolute atomic E-state index is 0.0834. The zero-order chi connectivity index (χ0) is 21.3. The molecule has 8 nitrogen and oxygen atoms in total. The van der Waals surface area contributed by atoms with Crippen molar-refractivity contribution >= 4 is 17.6 Å². The van der Waals surface area contributed by atoms with Gasteiger partial charge >= 0.3 is 0 Å². The van der Waals surface area contributed by atoms with Crippen LogP contribution < -0.4 is 10.1 Å². The van der Waals surface area contributed by atoms with E-state index in [9.17, 15) is 9.59 Å². The predicted octanol–water partition coefficient (Wildman–Crippen LogP) is 2.49. The maximum Gasteiger partial charge on any atom is 0.226 e. The average molecular weight is 415 g/mol. The third-order valence-electron chi connectivity index (χ3n) is 5.28. The van der Waals surface area contributed by atoms with Gasteiger partial charge in [-0.2, -0.15) is 0 Å². The summed E-state index contributed by atoms with van der Waals surface area (Å²) >= 11 is 0. The number of carbonyl (C=O) groups is 2. The van der Waals surface area contributed by atoms with Gasteiger partial charge in [0.05, 0.1) is 7.11 Å². The molecule has 3 rings (SSSR count). The normalized spacial score (nSPS) is 14.9. The lowest BCUT2D eigenvalue weighted by molar-refractivity contribution is -0.131. The van der Waals surface area contributed by atoms with Crippen molar-refractivity contribution in [3.05, 3.63) is 41.7 Å². The Morgan fingerprint density at radius 2 is 1.93 bits per heavy atom. The average Bonchev–Trinajstić information content (AvgIpc) is 3.01. The van der Waals surface area contributed by atoms with Crippen LogP contribution in [0.2, 0.25) is 0 Å². The minimum Gasteiger partial charge on any atom is -0.497 e. The molecule has 1 aliphatic heterocycles. The number of rotatable bonds is 8. The monoisotopic (exact) mass is 414 g/mol. The van der Waals surface area contributed by atoms with Crippen molar-refractivity contribution in [3.8, 4) is 5.75 Å². The summed E-state index contributed by atoms with van der Waals surface area (Å²) in [6.07, 6.45) is 2.53. The molecule has 1 aliphatic rings. The molecular weight excluding hydrogens is 384 g/mol. The maximum atomic E-state index is 12.6. The summed E-state index contributed by atoms with van der Waals surface area (Å²) in [7, 11) is 1.64. The zero-order valence-electron chi connectivity index (χ0n) is 17.7. The van der Waals surface area contributed by atoms with Gasteiger partial charge < -0.3 is 24.4 Å². The first kappa shape index (κ1) is 21.8. The SMILES string of the molecule is COc1ccc(CCC(=O)N2CCCN(CCC(=O)Nc3cc(C)on3)CC2)cc1. The Morgan fingerprint density at radius 1 is 1.13 bits per heavy atom. The summed E-state index contributed by atoms with van der Waals surface area (Å²) in [4.78, 5) is 28.9. The smallest absolute Gasteiger partial charge is 0.226 e. The first-order chi connectivity index (χ1) is 14.5. The van der Waals surface area contributed by atoms with E-state index in [0.29, 0.717) is 37.5 Å². The highest BCUT2D eigenvalue weighted by molar-refractivity contribution is 5.89. The van der Waals surface area contributed by atoms with Gasteiger partial charge in [-0.25, -0.2) is 0 Å². The van der Waals surface area contributed by atoms with Gasteiger partial charge in [-0.15, -0.1) is 0 Å². The van der Waals surface area contributed by atoms with Gasteiger partial charge in [-0.3, -0.25) is 9.59 Å². The summed E-state index contributed by atoms with van der Waals surface area (Å²) in [5.74, 6) is 2.03. The van der Waals surface area contributed by atoms with E-state index in [1.165, 1.54) is 0 Å². The Labute approximate surface area is 177 Å². The number of hydrogen-bond acceptors (Lipinski definition) is 6. The first-order valence-corrected chi connectivity index (χ1v) is 10.4. The standard InChI is InChI=1S/C22H30N4O4/c1-17-16-20(24-30-17)23-21(27)10-13-25-11-3-12-26(15-14-25)22(28)9-6-18-4-7-19(29-2)8-5-18/h4-5,7-8,16H,3,6,9-15H2,1-2H3,(H,23,24,27). The van der Waals surface area contributed by atoms with Gasteiger partial charge in [0, 0.05) is 45.1 Å². The molecule has 1 fully saturated rings. The molecule has 0 unspecified atom stereocenters. The molecule has 1 aromatic carbocycles. The van der Waals surface area contributed by atoms with E-state index < -0.39 is 0 Å². The van der Waals surface area contributed by atoms with Crippen LogP contribution in [-0.4, -0.2) is 66.6 Å². The van der Waals surface area contributed by atoms with Crippen molar-refractivity contribution in [2.24, 2.45) is 0 Å². The van der Waals surface area contributed by atoms with Crippen molar-refractivity contribution in [2.75, 3.05) is 45.2 Å². The van der Waals surface area contributed by atoms with Crippen LogP contribution >= 0.6 is 0 Å². The molecule has 0 bridgehead atoms. The zero-order valence-corrected chi connectivity index (χ0v) is 17.7. The van der Waals surface area contributed by atoms with Crippen molar-refractivity contribution in [1.82, 2.24) is 15.0 Å². The van der Waals surface area contributed by atoms with Crippen LogP contribution in [-0.2, 0) is 16.0 Å². The molecule has 0 aliphatic carbocycles. The molecule has 2 aromatic rings. The second kappa shape index (κ2) is 10.8. The van der Waals surface area contributed by atoms with Gasteiger partial charge in [0.15, 0.2) is 5.82 Å². The third-order valence-corrected chi connectivity index (χ3v) is 5.28. The molecule has 2 amide bonds. The number of nitrogens with zero attached hydrogens (tertiary/aromatic N) is 3. The lowest BCUT2D eigenvalue weighted by Crippen LogP contribution is -2.36. The number of benzene rings is 1. The summed E-state index contributed by atoms with van der Waals surface area (Å²) in [5, 5.41) is 6.51. The van der Waals surface area contributed by atoms with Crippen molar-refractivity contribution in [1.29, 1.82) is 0 Å². The number of methoxy groups -OCH3 is 1. The van der Waals surface area contributed by atoms with Gasteiger partial charge in [0.1, 0.15) is 11.5 Å². The fraction of sp³-hybridized carbons (Fsp3) is 0.500. The van der Waals surface area contributed by atoms with Crippen molar-refractivity contribution < 1.29 is 18.8 Å². The number of carbonyl (C=O) groups excluding carboxylic acids is 2. The van der Waals surface area contributed by atoms with E-state index in [-0.39, 0.29) is 11.8 Å². The molecule has 1 N–H and O–H groups in total. The summed E-state index contributed by atoms with van der Waals surface area (Å²) in [6, 6.07) is 9.54. The summed E-state index contributed by atoms with van der Waals surface area (Å²) < 4.78 is 10.1. The number of hydrogen-bond donors (Lipinski definition) is 1. The first-order valence-electron chi connectivity index (χ1n) is 10.4. The fourth-order valence-electron chi connectivity index (χ4n) is 3.54. The van der Waals surface area contributed by atoms with Crippen LogP contribution in [0.5, 0.6) is 5.75 Å². The van der Waals surface area contributed by atoms with Crippen LogP contribution in [0.25, 0.3) is 0 Å². The molecule has 2 heterocycles. The molecule has 0 saturated carbocycles. The lowest BCUT2D eigenvalue weighted by Gasteiger charge is -2.22. The number of ether oxygens (including phenoxy) is 1. The molecule has 1 saturated heterocycles. The molecule has 30 heavy (non-hydrogen) atoms. The Morgan fingerprint density at radius 3 is 2.63 bits per heavy atom. The fourth-order valence-corrected chi connectivity index (χ4v) is 3.54. The van der Waals surface area contributed by atoms with E-state index in [1.807, 2.05) is 29.2 Å².